The third-order valence-corrected chi connectivity index (χ3v) is 8.26. The molecule has 2 unspecified atom stereocenters. The second kappa shape index (κ2) is 9.11. The summed E-state index contributed by atoms with van der Waals surface area (Å²) in [5.41, 5.74) is -3.79. The van der Waals surface area contributed by atoms with E-state index in [9.17, 15) is 38.4 Å². The molecule has 2 aromatic heterocycles. The molecule has 1 aliphatic rings. The van der Waals surface area contributed by atoms with E-state index in [1.807, 2.05) is 0 Å². The van der Waals surface area contributed by atoms with Crippen LogP contribution < -0.4 is 11.2 Å². The van der Waals surface area contributed by atoms with Gasteiger partial charge in [-0.25, -0.2) is 18.5 Å². The van der Waals surface area contributed by atoms with Crippen molar-refractivity contribution in [3.8, 4) is 0 Å². The van der Waals surface area contributed by atoms with E-state index in [0.29, 0.717) is 0 Å². The topological polar surface area (TPSA) is 277 Å². The Labute approximate surface area is 187 Å². The molecule has 18 nitrogen and oxygen atoms in total. The molecule has 34 heavy (non-hydrogen) atoms. The number of phosphoric acid groups is 3. The standard InChI is InChI=1S/C13H18N3O15P3/c1-13(20)9(18)7(5-28-33(24,25)31-34(26,27)30-32(21,22)23)29-11(13)16-4-6-2-3-8(17)14-10(6)15-12(16)19/h2-4,7,9,11,18,20H,5H2,1H3,(H,24,25)(H,26,27)(H2,21,22,23)(H,14,15,17,19)/t7-,9-,11-,13-/m1/s1. The molecule has 3 rings (SSSR count). The average Bonchev–Trinajstić information content (AvgIpc) is 2.86. The fourth-order valence-electron chi connectivity index (χ4n) is 3.05. The molecule has 0 saturated carbocycles. The van der Waals surface area contributed by atoms with Crippen LogP contribution in [0.2, 0.25) is 0 Å². The van der Waals surface area contributed by atoms with Gasteiger partial charge in [-0.3, -0.25) is 13.9 Å². The average molecular weight is 549 g/mol. The van der Waals surface area contributed by atoms with Gasteiger partial charge in [-0.1, -0.05) is 0 Å². The van der Waals surface area contributed by atoms with Gasteiger partial charge in [0.2, 0.25) is 5.56 Å². The summed E-state index contributed by atoms with van der Waals surface area (Å²) in [5.74, 6) is 0. The van der Waals surface area contributed by atoms with Crippen molar-refractivity contribution in [1.82, 2.24) is 14.5 Å². The number of ether oxygens (including phenoxy) is 1. The Balaban J connectivity index is 1.79. The van der Waals surface area contributed by atoms with E-state index in [2.05, 4.69) is 23.1 Å². The molecule has 190 valence electrons. The number of aliphatic hydroxyl groups is 2. The Morgan fingerprint density at radius 3 is 2.41 bits per heavy atom. The molecular weight excluding hydrogens is 531 g/mol. The Morgan fingerprint density at radius 1 is 1.15 bits per heavy atom. The number of hydrogen-bond donors (Lipinski definition) is 7. The van der Waals surface area contributed by atoms with Gasteiger partial charge in [0.25, 0.3) is 0 Å². The van der Waals surface area contributed by atoms with Crippen molar-refractivity contribution >= 4 is 34.5 Å². The van der Waals surface area contributed by atoms with Gasteiger partial charge in [0.15, 0.2) is 6.23 Å². The minimum absolute atomic E-state index is 0.0591. The zero-order valence-corrected chi connectivity index (χ0v) is 19.4. The molecule has 1 saturated heterocycles. The number of aromatic nitrogens is 3. The second-order valence-corrected chi connectivity index (χ2v) is 11.6. The first-order valence-corrected chi connectivity index (χ1v) is 13.4. The van der Waals surface area contributed by atoms with Crippen LogP contribution in [-0.4, -0.2) is 68.7 Å². The van der Waals surface area contributed by atoms with E-state index in [0.717, 1.165) is 23.8 Å². The Hall–Kier alpha value is -1.62. The van der Waals surface area contributed by atoms with Crippen LogP contribution in [0.15, 0.2) is 27.9 Å². The molecular formula is C13H18N3O15P3. The molecule has 1 fully saturated rings. The fraction of sp³-hybridized carbons (Fsp3) is 0.462. The maximum atomic E-state index is 12.4. The monoisotopic (exact) mass is 549 g/mol. The van der Waals surface area contributed by atoms with Gasteiger partial charge in [0.05, 0.1) is 6.61 Å². The largest absolute Gasteiger partial charge is 0.490 e. The van der Waals surface area contributed by atoms with Crippen molar-refractivity contribution in [3.63, 3.8) is 0 Å². The molecule has 7 N–H and O–H groups in total. The van der Waals surface area contributed by atoms with Gasteiger partial charge in [-0.2, -0.15) is 13.6 Å². The molecule has 3 heterocycles. The lowest BCUT2D eigenvalue weighted by molar-refractivity contribution is -0.0983. The molecule has 0 aromatic carbocycles. The van der Waals surface area contributed by atoms with Crippen molar-refractivity contribution in [2.24, 2.45) is 0 Å². The van der Waals surface area contributed by atoms with Crippen molar-refractivity contribution in [3.05, 3.63) is 39.2 Å². The zero-order valence-electron chi connectivity index (χ0n) is 16.8. The molecule has 0 aliphatic carbocycles. The van der Waals surface area contributed by atoms with Crippen LogP contribution in [0.25, 0.3) is 11.0 Å². The molecule has 0 amide bonds. The van der Waals surface area contributed by atoms with E-state index in [1.165, 1.54) is 6.07 Å². The predicted octanol–water partition coefficient (Wildman–Crippen LogP) is -1.56. The maximum Gasteiger partial charge on any atom is 0.490 e. The summed E-state index contributed by atoms with van der Waals surface area (Å²) < 4.78 is 51.6. The molecule has 1 aliphatic heterocycles. The SMILES string of the molecule is C[C@@]1(O)[C@H](O)[C@@H](COP(=O)(O)OP(=O)(O)OP(=O)(O)O)O[C@H]1n1cc2ccc(=O)[nH]c2nc1=O. The van der Waals surface area contributed by atoms with E-state index in [4.69, 9.17) is 19.4 Å². The first kappa shape index (κ1) is 27.0. The number of aromatic amines is 1. The highest BCUT2D eigenvalue weighted by Crippen LogP contribution is 2.66. The molecule has 2 aromatic rings. The lowest BCUT2D eigenvalue weighted by Crippen LogP contribution is -2.46. The summed E-state index contributed by atoms with van der Waals surface area (Å²) in [4.78, 5) is 65.5. The number of hydrogen-bond acceptors (Lipinski definition) is 12. The van der Waals surface area contributed by atoms with Gasteiger partial charge in [-0.05, 0) is 13.0 Å². The minimum Gasteiger partial charge on any atom is -0.387 e. The van der Waals surface area contributed by atoms with Crippen LogP contribution >= 0.6 is 23.5 Å². The number of nitrogens with one attached hydrogen (secondary N) is 1. The molecule has 6 atom stereocenters. The first-order chi connectivity index (χ1) is 15.4. The number of nitrogens with zero attached hydrogens (tertiary/aromatic N) is 2. The van der Waals surface area contributed by atoms with Crippen LogP contribution in [0.4, 0.5) is 0 Å². The summed E-state index contributed by atoms with van der Waals surface area (Å²) in [6.45, 7) is -0.00273. The fourth-order valence-corrected chi connectivity index (χ4v) is 6.08. The summed E-state index contributed by atoms with van der Waals surface area (Å²) >= 11 is 0. The van der Waals surface area contributed by atoms with Crippen molar-refractivity contribution in [2.75, 3.05) is 6.61 Å². The van der Waals surface area contributed by atoms with Crippen LogP contribution in [0, 0.1) is 0 Å². The molecule has 0 spiro atoms. The summed E-state index contributed by atoms with van der Waals surface area (Å²) in [6, 6.07) is 2.47. The second-order valence-electron chi connectivity index (χ2n) is 7.14. The Morgan fingerprint density at radius 2 is 1.79 bits per heavy atom. The van der Waals surface area contributed by atoms with Crippen molar-refractivity contribution < 1.29 is 61.4 Å². The molecule has 0 radical (unpaired) electrons. The van der Waals surface area contributed by atoms with Crippen molar-refractivity contribution in [1.29, 1.82) is 0 Å². The molecule has 21 heteroatoms. The number of rotatable bonds is 8. The lowest BCUT2D eigenvalue weighted by atomic mass is 9.96. The van der Waals surface area contributed by atoms with Crippen LogP contribution in [0.5, 0.6) is 0 Å². The quantitative estimate of drug-likeness (QED) is 0.183. The van der Waals surface area contributed by atoms with Crippen LogP contribution in [0.3, 0.4) is 0 Å². The number of aliphatic hydroxyl groups excluding tert-OH is 1. The summed E-state index contributed by atoms with van der Waals surface area (Å²) in [6.07, 6.45) is -3.93. The summed E-state index contributed by atoms with van der Waals surface area (Å²) in [7, 11) is -16.9. The van der Waals surface area contributed by atoms with E-state index in [1.54, 1.807) is 0 Å². The van der Waals surface area contributed by atoms with E-state index in [-0.39, 0.29) is 11.0 Å². The normalized spacial score (nSPS) is 29.1. The summed E-state index contributed by atoms with van der Waals surface area (Å²) in [5, 5.41) is 21.3. The maximum absolute atomic E-state index is 12.4. The van der Waals surface area contributed by atoms with E-state index >= 15 is 0 Å². The highest BCUT2D eigenvalue weighted by molar-refractivity contribution is 7.66. The minimum atomic E-state index is -5.76. The third-order valence-electron chi connectivity index (χ3n) is 4.46. The highest BCUT2D eigenvalue weighted by atomic mass is 31.3. The number of phosphoric ester groups is 1. The number of fused-ring (bicyclic) bond motifs is 1. The number of pyridine rings is 1. The smallest absolute Gasteiger partial charge is 0.387 e. The lowest BCUT2D eigenvalue weighted by Gasteiger charge is -2.27. The van der Waals surface area contributed by atoms with Gasteiger partial charge in [0.1, 0.15) is 23.5 Å². The van der Waals surface area contributed by atoms with Gasteiger partial charge < -0.3 is 39.5 Å². The van der Waals surface area contributed by atoms with Gasteiger partial charge >= 0.3 is 29.2 Å². The number of H-pyrrole nitrogens is 1. The van der Waals surface area contributed by atoms with Gasteiger partial charge in [0, 0.05) is 17.6 Å². The van der Waals surface area contributed by atoms with E-state index < -0.39 is 65.4 Å². The molecule has 0 bridgehead atoms. The third kappa shape index (κ3) is 6.13. The Kier molecular flexibility index (Phi) is 7.23. The predicted molar refractivity (Wildman–Crippen MR) is 107 cm³/mol. The highest BCUT2D eigenvalue weighted by Gasteiger charge is 2.54. The van der Waals surface area contributed by atoms with Crippen molar-refractivity contribution in [2.45, 2.75) is 31.0 Å². The Bertz CT molecular complexity index is 1350. The first-order valence-electron chi connectivity index (χ1n) is 8.87. The zero-order chi connectivity index (χ0) is 25.7. The van der Waals surface area contributed by atoms with Crippen LogP contribution in [0.1, 0.15) is 13.2 Å². The van der Waals surface area contributed by atoms with Crippen LogP contribution in [-0.2, 0) is 31.6 Å². The van der Waals surface area contributed by atoms with Gasteiger partial charge in [-0.15, -0.1) is 0 Å².